The molecule has 0 bridgehead atoms. The van der Waals surface area contributed by atoms with Crippen LogP contribution >= 0.6 is 11.3 Å². The molecule has 1 saturated carbocycles. The summed E-state index contributed by atoms with van der Waals surface area (Å²) < 4.78 is 5.77. The number of rotatable bonds is 5. The molecule has 32 heavy (non-hydrogen) atoms. The number of nitriles is 1. The quantitative estimate of drug-likeness (QED) is 0.719. The summed E-state index contributed by atoms with van der Waals surface area (Å²) in [6.07, 6.45) is 11.5. The fourth-order valence-corrected chi connectivity index (χ4v) is 6.38. The van der Waals surface area contributed by atoms with Gasteiger partial charge in [-0.25, -0.2) is 4.98 Å². The van der Waals surface area contributed by atoms with Crippen LogP contribution in [0.4, 0.5) is 0 Å². The molecular formula is C26H30N4OS. The molecule has 2 fully saturated rings. The average molecular weight is 447 g/mol. The summed E-state index contributed by atoms with van der Waals surface area (Å²) in [7, 11) is 0. The Kier molecular flexibility index (Phi) is 6.14. The summed E-state index contributed by atoms with van der Waals surface area (Å²) in [6, 6.07) is 8.67. The number of nitrogens with one attached hydrogen (secondary N) is 1. The molecule has 2 aromatic rings. The van der Waals surface area contributed by atoms with E-state index in [2.05, 4.69) is 34.5 Å². The number of thiazole rings is 1. The third kappa shape index (κ3) is 4.13. The van der Waals surface area contributed by atoms with Crippen LogP contribution in [0.5, 0.6) is 5.75 Å². The van der Waals surface area contributed by atoms with Crippen LogP contribution in [0.3, 0.4) is 0 Å². The molecule has 2 aliphatic carbocycles. The minimum absolute atomic E-state index is 0.0381. The largest absolute Gasteiger partial charge is 0.490 e. The molecular weight excluding hydrogens is 416 g/mol. The highest BCUT2D eigenvalue weighted by Gasteiger charge is 2.39. The Morgan fingerprint density at radius 1 is 1.25 bits per heavy atom. The molecule has 1 aromatic carbocycles. The van der Waals surface area contributed by atoms with E-state index >= 15 is 0 Å². The van der Waals surface area contributed by atoms with Gasteiger partial charge in [-0.15, -0.1) is 11.3 Å². The summed E-state index contributed by atoms with van der Waals surface area (Å²) in [5.41, 5.74) is 3.15. The molecule has 1 aromatic heterocycles. The van der Waals surface area contributed by atoms with Crippen LogP contribution < -0.4 is 10.1 Å². The summed E-state index contributed by atoms with van der Waals surface area (Å²) in [6.45, 7) is 8.42. The normalized spacial score (nSPS) is 25.4. The van der Waals surface area contributed by atoms with Crippen molar-refractivity contribution in [1.82, 2.24) is 15.2 Å². The molecule has 0 spiro atoms. The van der Waals surface area contributed by atoms with Crippen molar-refractivity contribution < 1.29 is 4.74 Å². The molecule has 1 N–H and O–H groups in total. The number of aromatic nitrogens is 1. The van der Waals surface area contributed by atoms with Gasteiger partial charge in [-0.2, -0.15) is 5.26 Å². The number of benzene rings is 1. The van der Waals surface area contributed by atoms with Gasteiger partial charge in [0, 0.05) is 54.8 Å². The van der Waals surface area contributed by atoms with E-state index in [0.717, 1.165) is 36.8 Å². The van der Waals surface area contributed by atoms with Gasteiger partial charge in [0.15, 0.2) is 0 Å². The Labute approximate surface area is 194 Å². The smallest absolute Gasteiger partial charge is 0.137 e. The van der Waals surface area contributed by atoms with Gasteiger partial charge in [-0.05, 0) is 56.4 Å². The molecule has 166 valence electrons. The van der Waals surface area contributed by atoms with Gasteiger partial charge in [0.05, 0.1) is 11.7 Å². The van der Waals surface area contributed by atoms with Crippen molar-refractivity contribution in [3.05, 3.63) is 58.6 Å². The number of allylic oxidation sites excluding steroid dienone is 3. The first kappa shape index (κ1) is 21.4. The number of nitrogens with zero attached hydrogens (tertiary/aromatic N) is 3. The van der Waals surface area contributed by atoms with Gasteiger partial charge in [-0.3, -0.25) is 4.90 Å². The minimum Gasteiger partial charge on any atom is -0.490 e. The monoisotopic (exact) mass is 446 g/mol. The predicted molar refractivity (Wildman–Crippen MR) is 129 cm³/mol. The number of fused-ring (bicyclic) bond motifs is 1. The van der Waals surface area contributed by atoms with Crippen LogP contribution in [-0.2, 0) is 0 Å². The Morgan fingerprint density at radius 3 is 2.88 bits per heavy atom. The molecule has 1 saturated heterocycles. The fraction of sp³-hybridized carbons (Fsp3) is 0.462. The van der Waals surface area contributed by atoms with E-state index < -0.39 is 0 Å². The Morgan fingerprint density at radius 2 is 2.09 bits per heavy atom. The van der Waals surface area contributed by atoms with Crippen molar-refractivity contribution in [3.8, 4) is 22.4 Å². The summed E-state index contributed by atoms with van der Waals surface area (Å²) in [4.78, 5) is 8.73. The second-order valence-electron chi connectivity index (χ2n) is 9.12. The van der Waals surface area contributed by atoms with Crippen molar-refractivity contribution in [1.29, 1.82) is 5.26 Å². The van der Waals surface area contributed by atoms with Crippen molar-refractivity contribution in [3.63, 3.8) is 0 Å². The fourth-order valence-electron chi connectivity index (χ4n) is 5.32. The zero-order valence-corrected chi connectivity index (χ0v) is 19.6. The molecule has 3 unspecified atom stereocenters. The van der Waals surface area contributed by atoms with E-state index in [4.69, 9.17) is 9.72 Å². The van der Waals surface area contributed by atoms with Crippen LogP contribution in [0.2, 0.25) is 0 Å². The zero-order valence-electron chi connectivity index (χ0n) is 18.8. The van der Waals surface area contributed by atoms with Crippen molar-refractivity contribution in [2.75, 3.05) is 26.2 Å². The van der Waals surface area contributed by atoms with E-state index in [-0.39, 0.29) is 6.10 Å². The van der Waals surface area contributed by atoms with Crippen LogP contribution in [0, 0.1) is 17.2 Å². The van der Waals surface area contributed by atoms with Gasteiger partial charge >= 0.3 is 0 Å². The van der Waals surface area contributed by atoms with Crippen LogP contribution in [0.25, 0.3) is 10.6 Å². The number of piperazine rings is 1. The van der Waals surface area contributed by atoms with Crippen molar-refractivity contribution in [2.45, 2.75) is 44.8 Å². The molecule has 1 aliphatic heterocycles. The van der Waals surface area contributed by atoms with Gasteiger partial charge in [0.25, 0.3) is 0 Å². The lowest BCUT2D eigenvalue weighted by molar-refractivity contribution is 0.197. The minimum atomic E-state index is 0.0381. The highest BCUT2D eigenvalue weighted by Crippen LogP contribution is 2.47. The zero-order chi connectivity index (χ0) is 22.1. The van der Waals surface area contributed by atoms with Gasteiger partial charge in [0.1, 0.15) is 16.8 Å². The average Bonchev–Trinajstić information content (AvgIpc) is 3.47. The van der Waals surface area contributed by atoms with E-state index in [9.17, 15) is 5.26 Å². The lowest BCUT2D eigenvalue weighted by Gasteiger charge is -2.35. The standard InChI is InChI=1S/C26H30N4OS/c1-17(2)31-24-9-6-18(14-19(24)15-27)26-29-16-25(32-26)22-5-3-4-21-20(22)7-8-23(21)30-12-10-28-11-13-30/h3-6,9,14,16-17,20,22-23,28H,7-8,10-13H2,1-2H3. The first-order valence-corrected chi connectivity index (χ1v) is 12.5. The molecule has 0 radical (unpaired) electrons. The molecule has 5 rings (SSSR count). The van der Waals surface area contributed by atoms with Crippen molar-refractivity contribution >= 4 is 11.3 Å². The Balaban J connectivity index is 1.36. The summed E-state index contributed by atoms with van der Waals surface area (Å²) >= 11 is 1.75. The second-order valence-corrected chi connectivity index (χ2v) is 10.2. The maximum absolute atomic E-state index is 9.58. The third-order valence-corrected chi connectivity index (χ3v) is 7.91. The highest BCUT2D eigenvalue weighted by atomic mass is 32.1. The topological polar surface area (TPSA) is 61.2 Å². The maximum atomic E-state index is 9.58. The Bertz CT molecular complexity index is 1070. The van der Waals surface area contributed by atoms with Crippen LogP contribution in [-0.4, -0.2) is 48.2 Å². The predicted octanol–water partition coefficient (Wildman–Crippen LogP) is 4.73. The first-order chi connectivity index (χ1) is 15.6. The SMILES string of the molecule is CC(C)Oc1ccc(-c2ncc(C3C=CC=C4C3CCC4N3CCNCC3)s2)cc1C#N. The number of hydrogen-bond acceptors (Lipinski definition) is 6. The molecule has 5 nitrogen and oxygen atoms in total. The molecule has 2 heterocycles. The Hall–Kier alpha value is -2.46. The van der Waals surface area contributed by atoms with Crippen LogP contribution in [0.1, 0.15) is 43.0 Å². The summed E-state index contributed by atoms with van der Waals surface area (Å²) in [5, 5.41) is 14.0. The third-order valence-electron chi connectivity index (χ3n) is 6.76. The molecule has 0 amide bonds. The van der Waals surface area contributed by atoms with Crippen LogP contribution in [0.15, 0.2) is 48.2 Å². The van der Waals surface area contributed by atoms with E-state index in [0.29, 0.717) is 29.2 Å². The van der Waals surface area contributed by atoms with Crippen molar-refractivity contribution in [2.24, 2.45) is 5.92 Å². The highest BCUT2D eigenvalue weighted by molar-refractivity contribution is 7.15. The van der Waals surface area contributed by atoms with E-state index in [1.807, 2.05) is 38.2 Å². The number of ether oxygens (including phenoxy) is 1. The van der Waals surface area contributed by atoms with E-state index in [1.54, 1.807) is 16.9 Å². The molecule has 6 heteroatoms. The van der Waals surface area contributed by atoms with Gasteiger partial charge in [0.2, 0.25) is 0 Å². The lowest BCUT2D eigenvalue weighted by Crippen LogP contribution is -2.48. The second kappa shape index (κ2) is 9.19. The number of hydrogen-bond donors (Lipinski definition) is 1. The molecule has 3 aliphatic rings. The molecule has 3 atom stereocenters. The van der Waals surface area contributed by atoms with Gasteiger partial charge in [-0.1, -0.05) is 18.2 Å². The van der Waals surface area contributed by atoms with E-state index in [1.165, 1.54) is 17.7 Å². The maximum Gasteiger partial charge on any atom is 0.137 e. The summed E-state index contributed by atoms with van der Waals surface area (Å²) in [5.74, 6) is 1.61. The van der Waals surface area contributed by atoms with Gasteiger partial charge < -0.3 is 10.1 Å². The lowest BCUT2D eigenvalue weighted by atomic mass is 9.82. The first-order valence-electron chi connectivity index (χ1n) is 11.6.